The average Bonchev–Trinajstić information content (AvgIpc) is 2.42. The number of hydrogen-bond donors (Lipinski definition) is 0. The number of carbonyl (C=O) groups excluding carboxylic acids is 1. The first-order valence-electron chi connectivity index (χ1n) is 6.17. The van der Waals surface area contributed by atoms with Crippen molar-refractivity contribution in [2.75, 3.05) is 0 Å². The number of benzene rings is 2. The average molecular weight is 277 g/mol. The second-order valence-electron chi connectivity index (χ2n) is 4.31. The van der Waals surface area contributed by atoms with Crippen molar-refractivity contribution in [3.05, 3.63) is 70.0 Å². The van der Waals surface area contributed by atoms with Gasteiger partial charge in [-0.1, -0.05) is 48.9 Å². The molecular formula is C16H14ClFO. The monoisotopic (exact) mass is 276 g/mol. The minimum atomic E-state index is -0.435. The Kier molecular flexibility index (Phi) is 4.33. The van der Waals surface area contributed by atoms with E-state index >= 15 is 0 Å². The summed E-state index contributed by atoms with van der Waals surface area (Å²) in [4.78, 5) is 12.3. The molecule has 0 aliphatic heterocycles. The molecule has 0 aliphatic carbocycles. The van der Waals surface area contributed by atoms with Gasteiger partial charge in [0.15, 0.2) is 5.78 Å². The Morgan fingerprint density at radius 2 is 1.89 bits per heavy atom. The minimum Gasteiger partial charge on any atom is -0.294 e. The summed E-state index contributed by atoms with van der Waals surface area (Å²) in [6, 6.07) is 11.8. The van der Waals surface area contributed by atoms with Crippen LogP contribution in [0.3, 0.4) is 0 Å². The number of carbonyl (C=O) groups is 1. The van der Waals surface area contributed by atoms with E-state index < -0.39 is 5.82 Å². The Hall–Kier alpha value is -1.67. The zero-order valence-electron chi connectivity index (χ0n) is 10.6. The molecule has 0 atom stereocenters. The van der Waals surface area contributed by atoms with Gasteiger partial charge in [0.05, 0.1) is 0 Å². The standard InChI is InChI=1S/C16H14ClFO/c1-2-11-6-3-4-7-12(11)16(19)10-13-14(17)8-5-9-15(13)18/h3-9H,2,10H2,1H3. The molecule has 0 aromatic heterocycles. The summed E-state index contributed by atoms with van der Waals surface area (Å²) in [5.41, 5.74) is 1.88. The third-order valence-electron chi connectivity index (χ3n) is 3.10. The lowest BCUT2D eigenvalue weighted by Gasteiger charge is -2.08. The summed E-state index contributed by atoms with van der Waals surface area (Å²) in [6.45, 7) is 1.99. The fourth-order valence-corrected chi connectivity index (χ4v) is 2.29. The number of hydrogen-bond acceptors (Lipinski definition) is 1. The smallest absolute Gasteiger partial charge is 0.167 e. The SMILES string of the molecule is CCc1ccccc1C(=O)Cc1c(F)cccc1Cl. The zero-order valence-corrected chi connectivity index (χ0v) is 11.4. The van der Waals surface area contributed by atoms with E-state index in [1.165, 1.54) is 12.1 Å². The molecule has 0 N–H and O–H groups in total. The maximum atomic E-state index is 13.7. The fraction of sp³-hybridized carbons (Fsp3) is 0.188. The molecule has 0 fully saturated rings. The predicted octanol–water partition coefficient (Wildman–Crippen LogP) is 4.47. The lowest BCUT2D eigenvalue weighted by atomic mass is 9.97. The summed E-state index contributed by atoms with van der Waals surface area (Å²) >= 11 is 5.94. The molecule has 0 amide bonds. The van der Waals surface area contributed by atoms with Crippen LogP contribution in [0.25, 0.3) is 0 Å². The molecule has 0 bridgehead atoms. The first-order valence-corrected chi connectivity index (χ1v) is 6.55. The summed E-state index contributed by atoms with van der Waals surface area (Å²) in [5.74, 6) is -0.542. The molecule has 2 aromatic carbocycles. The van der Waals surface area contributed by atoms with Crippen molar-refractivity contribution < 1.29 is 9.18 Å². The van der Waals surface area contributed by atoms with E-state index in [1.807, 2.05) is 25.1 Å². The van der Waals surface area contributed by atoms with E-state index in [9.17, 15) is 9.18 Å². The van der Waals surface area contributed by atoms with E-state index in [2.05, 4.69) is 0 Å². The Balaban J connectivity index is 2.31. The van der Waals surface area contributed by atoms with Gasteiger partial charge in [-0.3, -0.25) is 4.79 Å². The highest BCUT2D eigenvalue weighted by Crippen LogP contribution is 2.22. The second kappa shape index (κ2) is 5.98. The van der Waals surface area contributed by atoms with Crippen LogP contribution in [0.15, 0.2) is 42.5 Å². The van der Waals surface area contributed by atoms with Gasteiger partial charge in [-0.2, -0.15) is 0 Å². The van der Waals surface area contributed by atoms with Crippen LogP contribution in [0, 0.1) is 5.82 Å². The molecule has 0 saturated carbocycles. The Morgan fingerprint density at radius 1 is 1.16 bits per heavy atom. The van der Waals surface area contributed by atoms with E-state index in [0.717, 1.165) is 12.0 Å². The molecule has 0 spiro atoms. The number of Topliss-reactive ketones (excluding diaryl/α,β-unsaturated/α-hetero) is 1. The molecule has 0 unspecified atom stereocenters. The molecule has 2 aromatic rings. The first kappa shape index (κ1) is 13.8. The summed E-state index contributed by atoms with van der Waals surface area (Å²) in [6.07, 6.45) is 0.759. The minimum absolute atomic E-state index is 0.0114. The van der Waals surface area contributed by atoms with Gasteiger partial charge in [-0.15, -0.1) is 0 Å². The number of halogens is 2. The van der Waals surface area contributed by atoms with Gasteiger partial charge in [0.1, 0.15) is 5.82 Å². The van der Waals surface area contributed by atoms with E-state index in [4.69, 9.17) is 11.6 Å². The van der Waals surface area contributed by atoms with Crippen LogP contribution in [-0.4, -0.2) is 5.78 Å². The summed E-state index contributed by atoms with van der Waals surface area (Å²) < 4.78 is 13.7. The van der Waals surface area contributed by atoms with E-state index in [-0.39, 0.29) is 17.8 Å². The van der Waals surface area contributed by atoms with Crippen LogP contribution < -0.4 is 0 Å². The Morgan fingerprint density at radius 3 is 2.58 bits per heavy atom. The van der Waals surface area contributed by atoms with Crippen molar-refractivity contribution in [3.8, 4) is 0 Å². The van der Waals surface area contributed by atoms with Crippen molar-refractivity contribution in [2.45, 2.75) is 19.8 Å². The topological polar surface area (TPSA) is 17.1 Å². The lowest BCUT2D eigenvalue weighted by Crippen LogP contribution is -2.08. The number of ketones is 1. The molecule has 3 heteroatoms. The highest BCUT2D eigenvalue weighted by atomic mass is 35.5. The zero-order chi connectivity index (χ0) is 13.8. The van der Waals surface area contributed by atoms with E-state index in [0.29, 0.717) is 10.6 Å². The molecule has 1 nitrogen and oxygen atoms in total. The Labute approximate surface area is 117 Å². The largest absolute Gasteiger partial charge is 0.294 e. The van der Waals surface area contributed by atoms with Crippen LogP contribution in [0.1, 0.15) is 28.4 Å². The second-order valence-corrected chi connectivity index (χ2v) is 4.72. The molecule has 98 valence electrons. The van der Waals surface area contributed by atoms with Crippen molar-refractivity contribution in [3.63, 3.8) is 0 Å². The van der Waals surface area contributed by atoms with Gasteiger partial charge in [0.25, 0.3) is 0 Å². The number of rotatable bonds is 4. The molecule has 0 saturated heterocycles. The van der Waals surface area contributed by atoms with Crippen LogP contribution in [0.4, 0.5) is 4.39 Å². The van der Waals surface area contributed by atoms with Gasteiger partial charge in [0, 0.05) is 22.6 Å². The van der Waals surface area contributed by atoms with Gasteiger partial charge in [0.2, 0.25) is 0 Å². The predicted molar refractivity (Wildman–Crippen MR) is 75.3 cm³/mol. The summed E-state index contributed by atoms with van der Waals surface area (Å²) in [7, 11) is 0. The molecule has 0 aliphatic rings. The fourth-order valence-electron chi connectivity index (χ4n) is 2.06. The van der Waals surface area contributed by atoms with Crippen molar-refractivity contribution >= 4 is 17.4 Å². The van der Waals surface area contributed by atoms with Crippen LogP contribution in [0.2, 0.25) is 5.02 Å². The highest BCUT2D eigenvalue weighted by molar-refractivity contribution is 6.31. The molecule has 19 heavy (non-hydrogen) atoms. The van der Waals surface area contributed by atoms with Crippen molar-refractivity contribution in [1.82, 2.24) is 0 Å². The maximum absolute atomic E-state index is 13.7. The first-order chi connectivity index (χ1) is 9.13. The third kappa shape index (κ3) is 3.02. The van der Waals surface area contributed by atoms with Gasteiger partial charge in [-0.05, 0) is 24.1 Å². The molecule has 0 heterocycles. The molecule has 2 rings (SSSR count). The van der Waals surface area contributed by atoms with Crippen molar-refractivity contribution in [2.24, 2.45) is 0 Å². The summed E-state index contributed by atoms with van der Waals surface area (Å²) in [5, 5.41) is 0.294. The van der Waals surface area contributed by atoms with E-state index in [1.54, 1.807) is 12.1 Å². The number of aryl methyl sites for hydroxylation is 1. The van der Waals surface area contributed by atoms with Crippen LogP contribution in [0.5, 0.6) is 0 Å². The molecular weight excluding hydrogens is 263 g/mol. The van der Waals surface area contributed by atoms with Crippen molar-refractivity contribution in [1.29, 1.82) is 0 Å². The van der Waals surface area contributed by atoms with Gasteiger partial charge < -0.3 is 0 Å². The normalized spacial score (nSPS) is 10.5. The maximum Gasteiger partial charge on any atom is 0.167 e. The Bertz CT molecular complexity index is 587. The van der Waals surface area contributed by atoms with Gasteiger partial charge >= 0.3 is 0 Å². The molecule has 0 radical (unpaired) electrons. The van der Waals surface area contributed by atoms with Crippen LogP contribution >= 0.6 is 11.6 Å². The van der Waals surface area contributed by atoms with Gasteiger partial charge in [-0.25, -0.2) is 4.39 Å². The lowest BCUT2D eigenvalue weighted by molar-refractivity contribution is 0.0991. The highest BCUT2D eigenvalue weighted by Gasteiger charge is 2.15. The third-order valence-corrected chi connectivity index (χ3v) is 3.45. The van der Waals surface area contributed by atoms with Crippen LogP contribution in [-0.2, 0) is 12.8 Å². The quantitative estimate of drug-likeness (QED) is 0.753.